The molecule has 0 saturated carbocycles. The van der Waals surface area contributed by atoms with Gasteiger partial charge in [0.25, 0.3) is 0 Å². The van der Waals surface area contributed by atoms with E-state index in [1.807, 2.05) is 6.07 Å². The summed E-state index contributed by atoms with van der Waals surface area (Å²) in [4.78, 5) is 5.21. The highest BCUT2D eigenvalue weighted by molar-refractivity contribution is 5.45. The lowest BCUT2D eigenvalue weighted by molar-refractivity contribution is 0.0129. The highest BCUT2D eigenvalue weighted by Crippen LogP contribution is 2.34. The molecule has 3 fully saturated rings. The Bertz CT molecular complexity index is 514. The van der Waals surface area contributed by atoms with Crippen LogP contribution < -0.4 is 14.8 Å². The standard InChI is InChI=1S/C16H23N3O2/c1-12(13-2-3-15-16(8-13)21-11-20-15)17-9-14-10-18-4-6-19(14)7-5-18/h2-3,8,12,14,17H,4-7,9-11H2,1H3. The predicted molar refractivity (Wildman–Crippen MR) is 80.8 cm³/mol. The maximum absolute atomic E-state index is 5.46. The molecule has 0 radical (unpaired) electrons. The lowest BCUT2D eigenvalue weighted by Gasteiger charge is -2.47. The molecule has 5 rings (SSSR count). The van der Waals surface area contributed by atoms with Crippen molar-refractivity contribution in [3.63, 3.8) is 0 Å². The maximum atomic E-state index is 5.46. The molecule has 2 unspecified atom stereocenters. The number of piperazine rings is 3. The number of nitrogens with one attached hydrogen (secondary N) is 1. The van der Waals surface area contributed by atoms with Crippen LogP contribution in [-0.2, 0) is 0 Å². The van der Waals surface area contributed by atoms with E-state index in [1.54, 1.807) is 0 Å². The Hall–Kier alpha value is -1.30. The summed E-state index contributed by atoms with van der Waals surface area (Å²) in [6.45, 7) is 9.76. The molecule has 4 aliphatic rings. The van der Waals surface area contributed by atoms with Crippen molar-refractivity contribution >= 4 is 0 Å². The molecule has 1 aromatic carbocycles. The third-order valence-electron chi connectivity index (χ3n) is 4.95. The van der Waals surface area contributed by atoms with Gasteiger partial charge in [-0.05, 0) is 24.6 Å². The second-order valence-corrected chi connectivity index (χ2v) is 6.23. The molecule has 5 heteroatoms. The molecule has 114 valence electrons. The van der Waals surface area contributed by atoms with Crippen molar-refractivity contribution in [3.05, 3.63) is 23.8 Å². The number of rotatable bonds is 4. The van der Waals surface area contributed by atoms with Crippen LogP contribution >= 0.6 is 0 Å². The molecule has 4 aliphatic heterocycles. The average Bonchev–Trinajstić information content (AvgIpc) is 3.01. The summed E-state index contributed by atoms with van der Waals surface area (Å²) >= 11 is 0. The van der Waals surface area contributed by atoms with Crippen LogP contribution in [0.25, 0.3) is 0 Å². The first-order valence-electron chi connectivity index (χ1n) is 7.89. The molecule has 21 heavy (non-hydrogen) atoms. The van der Waals surface area contributed by atoms with Gasteiger partial charge in [-0.15, -0.1) is 0 Å². The quantitative estimate of drug-likeness (QED) is 0.897. The van der Waals surface area contributed by atoms with Gasteiger partial charge in [0.2, 0.25) is 6.79 Å². The van der Waals surface area contributed by atoms with Gasteiger partial charge in [-0.2, -0.15) is 0 Å². The van der Waals surface area contributed by atoms with Crippen molar-refractivity contribution in [3.8, 4) is 11.5 Å². The van der Waals surface area contributed by atoms with E-state index in [0.717, 1.165) is 18.0 Å². The predicted octanol–water partition coefficient (Wildman–Crippen LogP) is 1.07. The average molecular weight is 289 g/mol. The first-order valence-corrected chi connectivity index (χ1v) is 7.89. The fourth-order valence-electron chi connectivity index (χ4n) is 3.53. The van der Waals surface area contributed by atoms with E-state index in [-0.39, 0.29) is 0 Å². The molecule has 0 aliphatic carbocycles. The van der Waals surface area contributed by atoms with Crippen molar-refractivity contribution in [2.75, 3.05) is 46.1 Å². The van der Waals surface area contributed by atoms with E-state index < -0.39 is 0 Å². The molecule has 1 aromatic rings. The molecular formula is C16H23N3O2. The Labute approximate surface area is 125 Å². The number of ether oxygens (including phenoxy) is 2. The molecule has 2 atom stereocenters. The normalized spacial score (nSPS) is 31.4. The first-order chi connectivity index (χ1) is 10.3. The summed E-state index contributed by atoms with van der Waals surface area (Å²) in [5.74, 6) is 1.72. The van der Waals surface area contributed by atoms with Crippen LogP contribution in [0.5, 0.6) is 11.5 Å². The zero-order valence-corrected chi connectivity index (χ0v) is 12.5. The molecule has 0 amide bonds. The molecule has 5 nitrogen and oxygen atoms in total. The van der Waals surface area contributed by atoms with E-state index in [4.69, 9.17) is 9.47 Å². The minimum Gasteiger partial charge on any atom is -0.454 e. The number of benzene rings is 1. The van der Waals surface area contributed by atoms with Gasteiger partial charge >= 0.3 is 0 Å². The third-order valence-corrected chi connectivity index (χ3v) is 4.95. The topological polar surface area (TPSA) is 37.0 Å². The fourth-order valence-corrected chi connectivity index (χ4v) is 3.53. The minimum atomic E-state index is 0.330. The van der Waals surface area contributed by atoms with Crippen LogP contribution in [0.3, 0.4) is 0 Å². The van der Waals surface area contributed by atoms with Crippen molar-refractivity contribution in [2.24, 2.45) is 0 Å². The van der Waals surface area contributed by atoms with Crippen LogP contribution in [0.4, 0.5) is 0 Å². The first kappa shape index (κ1) is 13.4. The van der Waals surface area contributed by atoms with E-state index in [1.165, 1.54) is 38.3 Å². The molecular weight excluding hydrogens is 266 g/mol. The van der Waals surface area contributed by atoms with E-state index in [0.29, 0.717) is 18.9 Å². The Morgan fingerprint density at radius 3 is 2.76 bits per heavy atom. The fraction of sp³-hybridized carbons (Fsp3) is 0.625. The second kappa shape index (κ2) is 5.48. The number of nitrogens with zero attached hydrogens (tertiary/aromatic N) is 2. The van der Waals surface area contributed by atoms with E-state index in [2.05, 4.69) is 34.2 Å². The Kier molecular flexibility index (Phi) is 3.49. The summed E-state index contributed by atoms with van der Waals surface area (Å²) in [6.07, 6.45) is 0. The third kappa shape index (κ3) is 2.61. The van der Waals surface area contributed by atoms with Gasteiger partial charge in [-0.1, -0.05) is 6.07 Å². The number of fused-ring (bicyclic) bond motifs is 4. The van der Waals surface area contributed by atoms with Gasteiger partial charge in [-0.25, -0.2) is 0 Å². The Balaban J connectivity index is 1.36. The number of hydrogen-bond acceptors (Lipinski definition) is 5. The summed E-state index contributed by atoms with van der Waals surface area (Å²) < 4.78 is 10.8. The van der Waals surface area contributed by atoms with Crippen LogP contribution in [-0.4, -0.2) is 61.9 Å². The highest BCUT2D eigenvalue weighted by Gasteiger charge is 2.31. The zero-order chi connectivity index (χ0) is 14.2. The van der Waals surface area contributed by atoms with Gasteiger partial charge in [0, 0.05) is 51.4 Å². The van der Waals surface area contributed by atoms with Crippen molar-refractivity contribution in [2.45, 2.75) is 19.0 Å². The Morgan fingerprint density at radius 1 is 1.19 bits per heavy atom. The summed E-state index contributed by atoms with van der Waals surface area (Å²) in [6, 6.07) is 7.21. The lowest BCUT2D eigenvalue weighted by atomic mass is 10.1. The van der Waals surface area contributed by atoms with Crippen molar-refractivity contribution in [1.29, 1.82) is 0 Å². The van der Waals surface area contributed by atoms with Gasteiger partial charge in [0.1, 0.15) is 0 Å². The smallest absolute Gasteiger partial charge is 0.231 e. The largest absolute Gasteiger partial charge is 0.454 e. The SMILES string of the molecule is CC(NCC1CN2CCN1CC2)c1ccc2c(c1)OCO2. The van der Waals surface area contributed by atoms with Gasteiger partial charge in [0.15, 0.2) is 11.5 Å². The summed E-state index contributed by atoms with van der Waals surface area (Å²) in [5, 5.41) is 3.68. The lowest BCUT2D eigenvalue weighted by Crippen LogP contribution is -2.63. The molecule has 0 aromatic heterocycles. The zero-order valence-electron chi connectivity index (χ0n) is 12.5. The van der Waals surface area contributed by atoms with Crippen molar-refractivity contribution < 1.29 is 9.47 Å². The van der Waals surface area contributed by atoms with E-state index in [9.17, 15) is 0 Å². The van der Waals surface area contributed by atoms with Crippen molar-refractivity contribution in [1.82, 2.24) is 15.1 Å². The van der Waals surface area contributed by atoms with Gasteiger partial charge in [-0.3, -0.25) is 9.80 Å². The van der Waals surface area contributed by atoms with Crippen LogP contribution in [0.2, 0.25) is 0 Å². The van der Waals surface area contributed by atoms with E-state index >= 15 is 0 Å². The highest BCUT2D eigenvalue weighted by atomic mass is 16.7. The summed E-state index contributed by atoms with van der Waals surface area (Å²) in [7, 11) is 0. The molecule has 3 saturated heterocycles. The maximum Gasteiger partial charge on any atom is 0.231 e. The number of hydrogen-bond donors (Lipinski definition) is 1. The minimum absolute atomic E-state index is 0.330. The second-order valence-electron chi connectivity index (χ2n) is 6.23. The monoisotopic (exact) mass is 289 g/mol. The van der Waals surface area contributed by atoms with Gasteiger partial charge in [0.05, 0.1) is 0 Å². The van der Waals surface area contributed by atoms with Crippen LogP contribution in [0.1, 0.15) is 18.5 Å². The van der Waals surface area contributed by atoms with Gasteiger partial charge < -0.3 is 14.8 Å². The molecule has 4 heterocycles. The van der Waals surface area contributed by atoms with Crippen LogP contribution in [0.15, 0.2) is 18.2 Å². The Morgan fingerprint density at radius 2 is 2.00 bits per heavy atom. The molecule has 1 N–H and O–H groups in total. The van der Waals surface area contributed by atoms with Crippen LogP contribution in [0, 0.1) is 0 Å². The molecule has 2 bridgehead atoms. The molecule has 0 spiro atoms. The summed E-state index contributed by atoms with van der Waals surface area (Å²) in [5.41, 5.74) is 1.26.